The molecular formula is C23H23N5O2S. The standard InChI is InChI=1S/C23H23N5O2S/c1-2-26-9-11-27(12-10-26)17-4-6-18(7-5-17)28-15-24-19-8-3-16(13-20(19)28)14-21-22(29)25-23(30)31-21/h3-8,13-15H,2,9-12H2,1H3,(H,25,29,30). The molecule has 0 aliphatic carbocycles. The topological polar surface area (TPSA) is 70.5 Å². The van der Waals surface area contributed by atoms with Gasteiger partial charge >= 0.3 is 0 Å². The van der Waals surface area contributed by atoms with E-state index in [1.807, 2.05) is 29.1 Å². The van der Waals surface area contributed by atoms with E-state index in [0.717, 1.165) is 66.8 Å². The van der Waals surface area contributed by atoms with Crippen LogP contribution in [-0.2, 0) is 4.79 Å². The molecule has 3 aromatic rings. The minimum absolute atomic E-state index is 0.335. The van der Waals surface area contributed by atoms with Crippen LogP contribution in [0.1, 0.15) is 12.5 Å². The van der Waals surface area contributed by atoms with Gasteiger partial charge in [0, 0.05) is 37.6 Å². The van der Waals surface area contributed by atoms with Crippen LogP contribution in [0.25, 0.3) is 22.8 Å². The summed E-state index contributed by atoms with van der Waals surface area (Å²) in [5, 5.41) is 1.95. The van der Waals surface area contributed by atoms with E-state index in [9.17, 15) is 9.59 Å². The number of nitrogens with one attached hydrogen (secondary N) is 1. The Balaban J connectivity index is 1.41. The Morgan fingerprint density at radius 1 is 1.03 bits per heavy atom. The summed E-state index contributed by atoms with van der Waals surface area (Å²) in [4.78, 5) is 33.1. The molecule has 1 N–H and O–H groups in total. The summed E-state index contributed by atoms with van der Waals surface area (Å²) in [6, 6.07) is 14.4. The maximum Gasteiger partial charge on any atom is 0.290 e. The van der Waals surface area contributed by atoms with Crippen LogP contribution < -0.4 is 10.2 Å². The monoisotopic (exact) mass is 433 g/mol. The number of thioether (sulfide) groups is 1. The van der Waals surface area contributed by atoms with Crippen molar-refractivity contribution in [2.75, 3.05) is 37.6 Å². The number of imide groups is 1. The molecule has 31 heavy (non-hydrogen) atoms. The zero-order valence-corrected chi connectivity index (χ0v) is 18.1. The Bertz CT molecular complexity index is 1180. The molecule has 0 radical (unpaired) electrons. The molecule has 2 aliphatic rings. The van der Waals surface area contributed by atoms with Crippen molar-refractivity contribution in [3.05, 3.63) is 59.3 Å². The first-order chi connectivity index (χ1) is 15.1. The van der Waals surface area contributed by atoms with Gasteiger partial charge in [-0.25, -0.2) is 4.98 Å². The molecule has 2 fully saturated rings. The minimum Gasteiger partial charge on any atom is -0.369 e. The number of hydrogen-bond acceptors (Lipinski definition) is 6. The molecule has 1 aromatic heterocycles. The molecule has 2 saturated heterocycles. The number of likely N-dealkylation sites (N-methyl/N-ethyl adjacent to an activating group) is 1. The van der Waals surface area contributed by atoms with Gasteiger partial charge in [-0.3, -0.25) is 19.5 Å². The van der Waals surface area contributed by atoms with Crippen LogP contribution in [0.4, 0.5) is 10.5 Å². The van der Waals surface area contributed by atoms with Gasteiger partial charge in [0.05, 0.1) is 15.9 Å². The van der Waals surface area contributed by atoms with Crippen molar-refractivity contribution < 1.29 is 9.59 Å². The highest BCUT2D eigenvalue weighted by Crippen LogP contribution is 2.28. The predicted octanol–water partition coefficient (Wildman–Crippen LogP) is 3.49. The normalized spacial score (nSPS) is 18.9. The van der Waals surface area contributed by atoms with E-state index >= 15 is 0 Å². The van der Waals surface area contributed by atoms with Crippen LogP contribution in [0.15, 0.2) is 53.7 Å². The highest BCUT2D eigenvalue weighted by atomic mass is 32.2. The van der Waals surface area contributed by atoms with Crippen molar-refractivity contribution in [2.45, 2.75) is 6.92 Å². The van der Waals surface area contributed by atoms with Crippen LogP contribution in [-0.4, -0.2) is 58.3 Å². The van der Waals surface area contributed by atoms with Gasteiger partial charge < -0.3 is 9.80 Å². The van der Waals surface area contributed by atoms with Crippen molar-refractivity contribution in [3.8, 4) is 5.69 Å². The first-order valence-corrected chi connectivity index (χ1v) is 11.2. The molecule has 0 saturated carbocycles. The Kier molecular flexibility index (Phi) is 5.25. The lowest BCUT2D eigenvalue weighted by Gasteiger charge is -2.35. The molecule has 0 atom stereocenters. The van der Waals surface area contributed by atoms with Gasteiger partial charge in [0.1, 0.15) is 6.33 Å². The van der Waals surface area contributed by atoms with Crippen molar-refractivity contribution in [2.24, 2.45) is 0 Å². The fourth-order valence-electron chi connectivity index (χ4n) is 4.04. The van der Waals surface area contributed by atoms with Gasteiger partial charge in [-0.15, -0.1) is 0 Å². The lowest BCUT2D eigenvalue weighted by atomic mass is 10.1. The van der Waals surface area contributed by atoms with Gasteiger partial charge in [-0.2, -0.15) is 0 Å². The first-order valence-electron chi connectivity index (χ1n) is 10.4. The van der Waals surface area contributed by atoms with E-state index in [4.69, 9.17) is 0 Å². The summed E-state index contributed by atoms with van der Waals surface area (Å²) in [5.41, 5.74) is 4.96. The number of nitrogens with zero attached hydrogens (tertiary/aromatic N) is 4. The maximum absolute atomic E-state index is 11.8. The summed E-state index contributed by atoms with van der Waals surface area (Å²) in [6.07, 6.45) is 3.55. The first kappa shape index (κ1) is 19.8. The van der Waals surface area contributed by atoms with E-state index in [0.29, 0.717) is 4.91 Å². The molecule has 3 heterocycles. The number of hydrogen-bond donors (Lipinski definition) is 1. The maximum atomic E-state index is 11.8. The molecule has 0 unspecified atom stereocenters. The summed E-state index contributed by atoms with van der Waals surface area (Å²) in [6.45, 7) is 7.62. The Hall–Kier alpha value is -3.10. The van der Waals surface area contributed by atoms with Gasteiger partial charge in [0.2, 0.25) is 0 Å². The Labute approximate surface area is 184 Å². The van der Waals surface area contributed by atoms with Crippen molar-refractivity contribution in [1.29, 1.82) is 0 Å². The van der Waals surface area contributed by atoms with Crippen LogP contribution in [0.5, 0.6) is 0 Å². The minimum atomic E-state index is -0.348. The van der Waals surface area contributed by atoms with E-state index in [1.165, 1.54) is 5.69 Å². The van der Waals surface area contributed by atoms with Gasteiger partial charge in [-0.1, -0.05) is 13.0 Å². The van der Waals surface area contributed by atoms with Crippen molar-refractivity contribution >= 4 is 45.7 Å². The third-order valence-electron chi connectivity index (χ3n) is 5.82. The summed E-state index contributed by atoms with van der Waals surface area (Å²) in [5.74, 6) is -0.348. The van der Waals surface area contributed by atoms with E-state index in [-0.39, 0.29) is 11.1 Å². The number of benzene rings is 2. The second-order valence-electron chi connectivity index (χ2n) is 7.65. The average molecular weight is 434 g/mol. The molecule has 7 nitrogen and oxygen atoms in total. The number of carbonyl (C=O) groups is 2. The molecule has 5 rings (SSSR count). The molecule has 158 valence electrons. The lowest BCUT2D eigenvalue weighted by molar-refractivity contribution is -0.115. The summed E-state index contributed by atoms with van der Waals surface area (Å²) >= 11 is 0.925. The van der Waals surface area contributed by atoms with Crippen LogP contribution in [0.3, 0.4) is 0 Å². The van der Waals surface area contributed by atoms with Gasteiger partial charge in [0.25, 0.3) is 11.1 Å². The Morgan fingerprint density at radius 2 is 1.77 bits per heavy atom. The molecule has 2 aliphatic heterocycles. The molecule has 0 bridgehead atoms. The second-order valence-corrected chi connectivity index (χ2v) is 8.67. The van der Waals surface area contributed by atoms with Crippen LogP contribution in [0, 0.1) is 0 Å². The third kappa shape index (κ3) is 3.96. The number of rotatable bonds is 4. The number of amides is 2. The predicted molar refractivity (Wildman–Crippen MR) is 125 cm³/mol. The van der Waals surface area contributed by atoms with E-state index in [2.05, 4.69) is 51.3 Å². The zero-order valence-electron chi connectivity index (χ0n) is 17.2. The number of aromatic nitrogens is 2. The largest absolute Gasteiger partial charge is 0.369 e. The number of imidazole rings is 1. The number of carbonyl (C=O) groups excluding carboxylic acids is 2. The molecule has 2 amide bonds. The van der Waals surface area contributed by atoms with Crippen molar-refractivity contribution in [3.63, 3.8) is 0 Å². The van der Waals surface area contributed by atoms with Gasteiger partial charge in [0.15, 0.2) is 0 Å². The van der Waals surface area contributed by atoms with E-state index < -0.39 is 0 Å². The molecule has 0 spiro atoms. The number of fused-ring (bicyclic) bond motifs is 1. The van der Waals surface area contributed by atoms with Crippen molar-refractivity contribution in [1.82, 2.24) is 19.8 Å². The fourth-order valence-corrected chi connectivity index (χ4v) is 4.72. The van der Waals surface area contributed by atoms with Gasteiger partial charge in [-0.05, 0) is 66.3 Å². The second kappa shape index (κ2) is 8.20. The lowest BCUT2D eigenvalue weighted by Crippen LogP contribution is -2.46. The quantitative estimate of drug-likeness (QED) is 0.635. The zero-order chi connectivity index (χ0) is 21.4. The highest BCUT2D eigenvalue weighted by molar-refractivity contribution is 8.18. The SMILES string of the molecule is CCN1CCN(c2ccc(-n3cnc4ccc(C=C5SC(=O)NC5=O)cc43)cc2)CC1. The summed E-state index contributed by atoms with van der Waals surface area (Å²) < 4.78 is 2.04. The molecular weight excluding hydrogens is 410 g/mol. The highest BCUT2D eigenvalue weighted by Gasteiger charge is 2.25. The molecule has 2 aromatic carbocycles. The van der Waals surface area contributed by atoms with Crippen LogP contribution >= 0.6 is 11.8 Å². The smallest absolute Gasteiger partial charge is 0.290 e. The number of piperazine rings is 1. The summed E-state index contributed by atoms with van der Waals surface area (Å²) in [7, 11) is 0. The van der Waals surface area contributed by atoms with E-state index in [1.54, 1.807) is 6.08 Å². The fraction of sp³-hybridized carbons (Fsp3) is 0.261. The Morgan fingerprint density at radius 3 is 2.45 bits per heavy atom. The number of anilines is 1. The average Bonchev–Trinajstić information content (AvgIpc) is 3.36. The molecule has 8 heteroatoms. The van der Waals surface area contributed by atoms with Crippen LogP contribution in [0.2, 0.25) is 0 Å². The third-order valence-corrected chi connectivity index (χ3v) is 6.63.